The Morgan fingerprint density at radius 3 is 1.54 bits per heavy atom. The zero-order valence-electron chi connectivity index (χ0n) is 8.84. The third-order valence-corrected chi connectivity index (χ3v) is 5.50. The molecule has 0 amide bonds. The Morgan fingerprint density at radius 2 is 1.31 bits per heavy atom. The second-order valence-electron chi connectivity index (χ2n) is 2.52. The summed E-state index contributed by atoms with van der Waals surface area (Å²) < 4.78 is 16.9. The van der Waals surface area contributed by atoms with Crippen LogP contribution in [0.15, 0.2) is 0 Å². The van der Waals surface area contributed by atoms with Crippen molar-refractivity contribution in [2.75, 3.05) is 26.0 Å². The Morgan fingerprint density at radius 1 is 0.923 bits per heavy atom. The normalized spacial score (nSPS) is 12.0. The first-order valence-corrected chi connectivity index (χ1v) is 7.61. The van der Waals surface area contributed by atoms with Crippen molar-refractivity contribution in [1.82, 2.24) is 0 Å². The summed E-state index contributed by atoms with van der Waals surface area (Å²) in [6.07, 6.45) is 0.965. The van der Waals surface area contributed by atoms with Crippen LogP contribution in [0.25, 0.3) is 0 Å². The van der Waals surface area contributed by atoms with E-state index < -0.39 is 8.80 Å². The van der Waals surface area contributed by atoms with Crippen molar-refractivity contribution >= 4 is 18.0 Å². The Bertz CT molecular complexity index is 94.4. The Kier molecular flexibility index (Phi) is 8.21. The van der Waals surface area contributed by atoms with Crippen LogP contribution in [-0.4, -0.2) is 34.8 Å². The number of rotatable bonds is 8. The lowest BCUT2D eigenvalue weighted by atomic mass is 10.9. The molecule has 13 heavy (non-hydrogen) atoms. The quantitative estimate of drug-likeness (QED) is 0.465. The molecule has 1 unspecified atom stereocenters. The largest absolute Gasteiger partial charge is 0.501 e. The molecule has 0 bridgehead atoms. The van der Waals surface area contributed by atoms with E-state index in [2.05, 4.69) is 9.24 Å². The lowest BCUT2D eigenvalue weighted by molar-refractivity contribution is 0.0728. The molecule has 0 aliphatic carbocycles. The van der Waals surface area contributed by atoms with Gasteiger partial charge in [0.05, 0.1) is 0 Å². The molecule has 0 aliphatic heterocycles. The Labute approximate surface area is 84.7 Å². The van der Waals surface area contributed by atoms with Gasteiger partial charge in [0.2, 0.25) is 0 Å². The molecule has 0 heterocycles. The maximum Gasteiger partial charge on any atom is 0.501 e. The molecular weight excluding hydrogens is 203 g/mol. The van der Waals surface area contributed by atoms with Gasteiger partial charge in [-0.15, -0.1) is 9.24 Å². The lowest BCUT2D eigenvalue weighted by Crippen LogP contribution is -2.46. The van der Waals surface area contributed by atoms with Gasteiger partial charge in [-0.3, -0.25) is 0 Å². The predicted octanol–water partition coefficient (Wildman–Crippen LogP) is 1.91. The molecule has 5 heteroatoms. The van der Waals surface area contributed by atoms with Crippen LogP contribution < -0.4 is 0 Å². The van der Waals surface area contributed by atoms with Crippen LogP contribution in [0.5, 0.6) is 0 Å². The van der Waals surface area contributed by atoms with Gasteiger partial charge in [-0.2, -0.15) is 0 Å². The van der Waals surface area contributed by atoms with E-state index in [-0.39, 0.29) is 0 Å². The van der Waals surface area contributed by atoms with Crippen LogP contribution in [0.1, 0.15) is 20.8 Å². The molecule has 3 nitrogen and oxygen atoms in total. The van der Waals surface area contributed by atoms with Gasteiger partial charge in [0.1, 0.15) is 0 Å². The van der Waals surface area contributed by atoms with Crippen LogP contribution >= 0.6 is 9.24 Å². The van der Waals surface area contributed by atoms with E-state index in [1.807, 2.05) is 20.8 Å². The van der Waals surface area contributed by atoms with Crippen molar-refractivity contribution < 1.29 is 13.3 Å². The van der Waals surface area contributed by atoms with Crippen LogP contribution in [-0.2, 0) is 13.3 Å². The molecule has 0 radical (unpaired) electrons. The second kappa shape index (κ2) is 7.89. The minimum absolute atomic E-state index is 0.664. The molecule has 0 N–H and O–H groups in total. The highest BCUT2D eigenvalue weighted by Gasteiger charge is 2.38. The fourth-order valence-corrected chi connectivity index (χ4v) is 4.59. The van der Waals surface area contributed by atoms with Gasteiger partial charge in [0.25, 0.3) is 0 Å². The molecule has 0 aromatic rings. The Hall–Kier alpha value is 0.527. The fraction of sp³-hybridized carbons (Fsp3) is 1.00. The predicted molar refractivity (Wildman–Crippen MR) is 60.0 cm³/mol. The van der Waals surface area contributed by atoms with Gasteiger partial charge >= 0.3 is 8.80 Å². The maximum atomic E-state index is 5.63. The third kappa shape index (κ3) is 5.08. The topological polar surface area (TPSA) is 27.7 Å². The van der Waals surface area contributed by atoms with Gasteiger partial charge in [0, 0.05) is 25.9 Å². The summed E-state index contributed by atoms with van der Waals surface area (Å²) >= 11 is 0. The summed E-state index contributed by atoms with van der Waals surface area (Å²) in [7, 11) is 0.370. The highest BCUT2D eigenvalue weighted by molar-refractivity contribution is 7.16. The standard InChI is InChI=1S/C8H21O3PSi/c1-4-9-13(8-7-12,10-5-2)11-6-3/h4-8,12H2,1-3H3. The summed E-state index contributed by atoms with van der Waals surface area (Å²) in [6, 6.07) is 0.882. The van der Waals surface area contributed by atoms with Crippen molar-refractivity contribution in [1.29, 1.82) is 0 Å². The first kappa shape index (κ1) is 13.5. The van der Waals surface area contributed by atoms with Gasteiger partial charge in [0.15, 0.2) is 0 Å². The molecule has 0 saturated carbocycles. The average molecular weight is 224 g/mol. The SMILES string of the molecule is CCO[Si](CCP)(OCC)OCC. The molecular formula is C8H21O3PSi. The molecule has 0 fully saturated rings. The first-order valence-electron chi connectivity index (χ1n) is 4.86. The highest BCUT2D eigenvalue weighted by atomic mass is 31.0. The second-order valence-corrected chi connectivity index (χ2v) is 5.83. The molecule has 0 spiro atoms. The molecule has 0 rings (SSSR count). The monoisotopic (exact) mass is 224 g/mol. The number of hydrogen-bond donors (Lipinski definition) is 0. The van der Waals surface area contributed by atoms with Gasteiger partial charge < -0.3 is 13.3 Å². The summed E-state index contributed by atoms with van der Waals surface area (Å²) in [5, 5.41) is 0. The highest BCUT2D eigenvalue weighted by Crippen LogP contribution is 2.16. The minimum Gasteiger partial charge on any atom is -0.374 e. The van der Waals surface area contributed by atoms with Crippen LogP contribution in [0.2, 0.25) is 6.04 Å². The number of hydrogen-bond acceptors (Lipinski definition) is 3. The van der Waals surface area contributed by atoms with Crippen LogP contribution in [0.4, 0.5) is 0 Å². The molecule has 0 saturated heterocycles. The van der Waals surface area contributed by atoms with Crippen molar-refractivity contribution in [3.8, 4) is 0 Å². The molecule has 0 aromatic carbocycles. The van der Waals surface area contributed by atoms with Crippen molar-refractivity contribution in [3.63, 3.8) is 0 Å². The maximum absolute atomic E-state index is 5.63. The van der Waals surface area contributed by atoms with E-state index in [0.29, 0.717) is 19.8 Å². The van der Waals surface area contributed by atoms with Crippen molar-refractivity contribution in [3.05, 3.63) is 0 Å². The average Bonchev–Trinajstić information content (AvgIpc) is 2.06. The minimum atomic E-state index is -2.32. The molecule has 0 aromatic heterocycles. The van der Waals surface area contributed by atoms with Gasteiger partial charge in [-0.05, 0) is 26.9 Å². The summed E-state index contributed by atoms with van der Waals surface area (Å²) in [4.78, 5) is 0. The summed E-state index contributed by atoms with van der Waals surface area (Å²) in [5.74, 6) is 0. The molecule has 1 atom stereocenters. The first-order chi connectivity index (χ1) is 6.24. The Balaban J connectivity index is 4.19. The fourth-order valence-electron chi connectivity index (χ4n) is 1.18. The van der Waals surface area contributed by atoms with E-state index in [0.717, 1.165) is 12.2 Å². The van der Waals surface area contributed by atoms with E-state index in [1.165, 1.54) is 0 Å². The van der Waals surface area contributed by atoms with Crippen LogP contribution in [0.3, 0.4) is 0 Å². The van der Waals surface area contributed by atoms with Crippen molar-refractivity contribution in [2.45, 2.75) is 26.8 Å². The summed E-state index contributed by atoms with van der Waals surface area (Å²) in [5.41, 5.74) is 0. The van der Waals surface area contributed by atoms with E-state index >= 15 is 0 Å². The van der Waals surface area contributed by atoms with Gasteiger partial charge in [-0.25, -0.2) is 0 Å². The lowest BCUT2D eigenvalue weighted by Gasteiger charge is -2.27. The van der Waals surface area contributed by atoms with Crippen LogP contribution in [0, 0.1) is 0 Å². The smallest absolute Gasteiger partial charge is 0.374 e. The zero-order valence-corrected chi connectivity index (χ0v) is 11.0. The zero-order chi connectivity index (χ0) is 10.2. The summed E-state index contributed by atoms with van der Waals surface area (Å²) in [6.45, 7) is 7.92. The molecule has 0 aliphatic rings. The van der Waals surface area contributed by atoms with E-state index in [1.54, 1.807) is 0 Å². The third-order valence-electron chi connectivity index (χ3n) is 1.54. The van der Waals surface area contributed by atoms with Crippen molar-refractivity contribution in [2.24, 2.45) is 0 Å². The van der Waals surface area contributed by atoms with Gasteiger partial charge in [-0.1, -0.05) is 0 Å². The molecule has 80 valence electrons. The van der Waals surface area contributed by atoms with E-state index in [9.17, 15) is 0 Å². The van der Waals surface area contributed by atoms with E-state index in [4.69, 9.17) is 13.3 Å².